The topological polar surface area (TPSA) is 51.0 Å². The summed E-state index contributed by atoms with van der Waals surface area (Å²) in [5, 5.41) is 3.49. The first-order valence-electron chi connectivity index (χ1n) is 8.69. The van der Waals surface area contributed by atoms with Crippen molar-refractivity contribution in [2.75, 3.05) is 0 Å². The summed E-state index contributed by atoms with van der Waals surface area (Å²) in [6.07, 6.45) is 3.37. The first kappa shape index (κ1) is 17.1. The lowest BCUT2D eigenvalue weighted by Crippen LogP contribution is -2.23. The molecule has 0 amide bonds. The maximum Gasteiger partial charge on any atom is 0.226 e. The SMILES string of the molecule is Fc1cccc(-c2nc(CNC(c3ccccc3)c3ccccn3)co2)c1. The standard InChI is InChI=1S/C22H18FN3O/c23-18-10-6-9-17(13-18)22-26-19(15-27-22)14-25-21(16-7-2-1-3-8-16)20-11-4-5-12-24-20/h1-13,15,21,25H,14H2. The molecular formula is C22H18FN3O. The van der Waals surface area contributed by atoms with Crippen molar-refractivity contribution in [3.63, 3.8) is 0 Å². The van der Waals surface area contributed by atoms with E-state index in [2.05, 4.69) is 27.4 Å². The van der Waals surface area contributed by atoms with Crippen molar-refractivity contribution in [3.05, 3.63) is 108 Å². The summed E-state index contributed by atoms with van der Waals surface area (Å²) in [6, 6.07) is 22.1. The molecule has 0 saturated carbocycles. The van der Waals surface area contributed by atoms with E-state index in [0.29, 0.717) is 18.0 Å². The van der Waals surface area contributed by atoms with Gasteiger partial charge in [0.25, 0.3) is 0 Å². The predicted octanol–water partition coefficient (Wildman–Crippen LogP) is 4.75. The molecule has 0 bridgehead atoms. The molecule has 2 aromatic carbocycles. The quantitative estimate of drug-likeness (QED) is 0.539. The normalized spacial score (nSPS) is 12.0. The zero-order valence-corrected chi connectivity index (χ0v) is 14.5. The van der Waals surface area contributed by atoms with E-state index in [1.807, 2.05) is 36.4 Å². The molecule has 1 unspecified atom stereocenters. The zero-order valence-electron chi connectivity index (χ0n) is 14.5. The molecule has 0 aliphatic rings. The minimum atomic E-state index is -0.315. The molecule has 0 saturated heterocycles. The fourth-order valence-electron chi connectivity index (χ4n) is 2.93. The van der Waals surface area contributed by atoms with Crippen LogP contribution in [-0.4, -0.2) is 9.97 Å². The number of nitrogens with zero attached hydrogens (tertiary/aromatic N) is 2. The van der Waals surface area contributed by atoms with Crippen LogP contribution in [0.2, 0.25) is 0 Å². The average Bonchev–Trinajstić information content (AvgIpc) is 3.19. The Kier molecular flexibility index (Phi) is 5.03. The van der Waals surface area contributed by atoms with E-state index >= 15 is 0 Å². The Morgan fingerprint density at radius 3 is 2.59 bits per heavy atom. The Balaban J connectivity index is 1.53. The van der Waals surface area contributed by atoms with Gasteiger partial charge >= 0.3 is 0 Å². The summed E-state index contributed by atoms with van der Waals surface area (Å²) in [5.74, 6) is 0.0880. The maximum atomic E-state index is 13.4. The number of halogens is 1. The van der Waals surface area contributed by atoms with Gasteiger partial charge in [0.1, 0.15) is 12.1 Å². The third-order valence-electron chi connectivity index (χ3n) is 4.23. The molecule has 1 N–H and O–H groups in total. The van der Waals surface area contributed by atoms with E-state index in [-0.39, 0.29) is 11.9 Å². The van der Waals surface area contributed by atoms with Crippen LogP contribution >= 0.6 is 0 Å². The van der Waals surface area contributed by atoms with Gasteiger partial charge in [-0.1, -0.05) is 42.5 Å². The van der Waals surface area contributed by atoms with Gasteiger partial charge in [-0.05, 0) is 35.9 Å². The molecule has 27 heavy (non-hydrogen) atoms. The van der Waals surface area contributed by atoms with Gasteiger partial charge in [0.05, 0.1) is 17.4 Å². The first-order chi connectivity index (χ1) is 13.3. The number of hydrogen-bond donors (Lipinski definition) is 1. The van der Waals surface area contributed by atoms with Crippen LogP contribution < -0.4 is 5.32 Å². The molecule has 0 radical (unpaired) electrons. The van der Waals surface area contributed by atoms with Crippen LogP contribution in [-0.2, 0) is 6.54 Å². The van der Waals surface area contributed by atoms with E-state index in [4.69, 9.17) is 4.42 Å². The summed E-state index contributed by atoms with van der Waals surface area (Å²) in [6.45, 7) is 0.495. The molecule has 1 atom stereocenters. The monoisotopic (exact) mass is 359 g/mol. The fourth-order valence-corrected chi connectivity index (χ4v) is 2.93. The summed E-state index contributed by atoms with van der Waals surface area (Å²) in [4.78, 5) is 8.95. The molecular weight excluding hydrogens is 341 g/mol. The average molecular weight is 359 g/mol. The second-order valence-corrected chi connectivity index (χ2v) is 6.13. The minimum absolute atomic E-state index is 0.0679. The lowest BCUT2D eigenvalue weighted by atomic mass is 10.0. The Hall–Kier alpha value is -3.31. The van der Waals surface area contributed by atoms with Gasteiger partial charge in [-0.15, -0.1) is 0 Å². The van der Waals surface area contributed by atoms with Crippen LogP contribution in [0.1, 0.15) is 23.0 Å². The van der Waals surface area contributed by atoms with Gasteiger partial charge in [0.2, 0.25) is 5.89 Å². The minimum Gasteiger partial charge on any atom is -0.444 e. The summed E-state index contributed by atoms with van der Waals surface area (Å²) in [5.41, 5.74) is 3.40. The van der Waals surface area contributed by atoms with Crippen molar-refractivity contribution in [2.45, 2.75) is 12.6 Å². The van der Waals surface area contributed by atoms with Crippen LogP contribution in [0.4, 0.5) is 4.39 Å². The van der Waals surface area contributed by atoms with Crippen LogP contribution in [0.5, 0.6) is 0 Å². The Morgan fingerprint density at radius 1 is 0.963 bits per heavy atom. The van der Waals surface area contributed by atoms with Crippen LogP contribution in [0.25, 0.3) is 11.5 Å². The van der Waals surface area contributed by atoms with Gasteiger partial charge in [0, 0.05) is 18.3 Å². The van der Waals surface area contributed by atoms with Crippen LogP contribution in [0, 0.1) is 5.82 Å². The highest BCUT2D eigenvalue weighted by Gasteiger charge is 2.16. The molecule has 4 aromatic rings. The second kappa shape index (κ2) is 7.93. The first-order valence-corrected chi connectivity index (χ1v) is 8.69. The molecule has 2 heterocycles. The van der Waals surface area contributed by atoms with Crippen molar-refractivity contribution >= 4 is 0 Å². The third kappa shape index (κ3) is 4.10. The van der Waals surface area contributed by atoms with Crippen LogP contribution in [0.3, 0.4) is 0 Å². The maximum absolute atomic E-state index is 13.4. The largest absolute Gasteiger partial charge is 0.444 e. The lowest BCUT2D eigenvalue weighted by molar-refractivity contribution is 0.560. The number of pyridine rings is 1. The van der Waals surface area contributed by atoms with Gasteiger partial charge in [-0.2, -0.15) is 0 Å². The van der Waals surface area contributed by atoms with Gasteiger partial charge in [-0.25, -0.2) is 9.37 Å². The van der Waals surface area contributed by atoms with Gasteiger partial charge in [-0.3, -0.25) is 10.3 Å². The van der Waals surface area contributed by atoms with Crippen molar-refractivity contribution < 1.29 is 8.81 Å². The molecule has 134 valence electrons. The zero-order chi connectivity index (χ0) is 18.5. The second-order valence-electron chi connectivity index (χ2n) is 6.13. The van der Waals surface area contributed by atoms with E-state index in [9.17, 15) is 4.39 Å². The molecule has 4 nitrogen and oxygen atoms in total. The molecule has 2 aromatic heterocycles. The van der Waals surface area contributed by atoms with Gasteiger partial charge in [0.15, 0.2) is 0 Å². The molecule has 0 fully saturated rings. The number of nitrogens with one attached hydrogen (secondary N) is 1. The van der Waals surface area contributed by atoms with E-state index in [1.165, 1.54) is 12.1 Å². The van der Waals surface area contributed by atoms with E-state index in [1.54, 1.807) is 24.6 Å². The molecule has 0 spiro atoms. The summed E-state index contributed by atoms with van der Waals surface area (Å²) < 4.78 is 18.9. The Bertz CT molecular complexity index is 963. The van der Waals surface area contributed by atoms with Crippen molar-refractivity contribution in [3.8, 4) is 11.5 Å². The smallest absolute Gasteiger partial charge is 0.226 e. The Labute approximate surface area is 156 Å². The Morgan fingerprint density at radius 2 is 1.81 bits per heavy atom. The van der Waals surface area contributed by atoms with Gasteiger partial charge < -0.3 is 4.42 Å². The number of aromatic nitrogens is 2. The highest BCUT2D eigenvalue weighted by Crippen LogP contribution is 2.22. The molecule has 0 aliphatic carbocycles. The van der Waals surface area contributed by atoms with Crippen molar-refractivity contribution in [2.24, 2.45) is 0 Å². The number of benzene rings is 2. The number of hydrogen-bond acceptors (Lipinski definition) is 4. The van der Waals surface area contributed by atoms with E-state index < -0.39 is 0 Å². The highest BCUT2D eigenvalue weighted by molar-refractivity contribution is 5.52. The third-order valence-corrected chi connectivity index (χ3v) is 4.23. The van der Waals surface area contributed by atoms with Crippen molar-refractivity contribution in [1.29, 1.82) is 0 Å². The van der Waals surface area contributed by atoms with Crippen molar-refractivity contribution in [1.82, 2.24) is 15.3 Å². The molecule has 4 rings (SSSR count). The number of rotatable bonds is 6. The summed E-state index contributed by atoms with van der Waals surface area (Å²) in [7, 11) is 0. The molecule has 0 aliphatic heterocycles. The summed E-state index contributed by atoms with van der Waals surface area (Å²) >= 11 is 0. The lowest BCUT2D eigenvalue weighted by Gasteiger charge is -2.18. The predicted molar refractivity (Wildman–Crippen MR) is 101 cm³/mol. The fraction of sp³-hybridized carbons (Fsp3) is 0.0909. The van der Waals surface area contributed by atoms with E-state index in [0.717, 1.165) is 17.0 Å². The van der Waals surface area contributed by atoms with Crippen LogP contribution in [0.15, 0.2) is 89.7 Å². The molecule has 5 heteroatoms. The number of oxazole rings is 1. The highest BCUT2D eigenvalue weighted by atomic mass is 19.1.